The maximum absolute atomic E-state index is 13.4. The fourth-order valence-electron chi connectivity index (χ4n) is 2.31. The van der Waals surface area contributed by atoms with Crippen LogP contribution in [-0.4, -0.2) is 12.5 Å². The summed E-state index contributed by atoms with van der Waals surface area (Å²) in [4.78, 5) is 10.7. The summed E-state index contributed by atoms with van der Waals surface area (Å²) in [6, 6.07) is 0. The molecule has 1 amide bonds. The highest BCUT2D eigenvalue weighted by Gasteiger charge is 2.25. The van der Waals surface area contributed by atoms with Crippen LogP contribution in [0.1, 0.15) is 44.6 Å². The number of nitrogens with two attached hydrogens (primary N) is 1. The Bertz CT molecular complexity index is 688. The molecule has 0 aliphatic carbocycles. The van der Waals surface area contributed by atoms with Gasteiger partial charge in [0.1, 0.15) is 0 Å². The van der Waals surface area contributed by atoms with Gasteiger partial charge in [-0.3, -0.25) is 4.79 Å². The summed E-state index contributed by atoms with van der Waals surface area (Å²) in [5.74, 6) is -10.3. The molecular weight excluding hydrogens is 369 g/mol. The van der Waals surface area contributed by atoms with Crippen molar-refractivity contribution in [2.24, 2.45) is 5.73 Å². The third kappa shape index (κ3) is 7.50. The Hall–Kier alpha value is -2.22. The average Bonchev–Trinajstić information content (AvgIpc) is 2.61. The van der Waals surface area contributed by atoms with E-state index in [1.54, 1.807) is 13.0 Å². The van der Waals surface area contributed by atoms with Gasteiger partial charge in [0.25, 0.3) is 0 Å². The van der Waals surface area contributed by atoms with Crippen LogP contribution in [-0.2, 0) is 16.1 Å². The standard InChI is InChI=1S/C19H22F5NO2/c1-12(10-14(25)26)8-6-4-2-3-5-7-9-27-11-13-15(20)17(22)19(24)18(23)16(13)21/h6,8,10H,2-5,7,9,11H2,1H3,(H2,25,26). The van der Waals surface area contributed by atoms with E-state index in [4.69, 9.17) is 10.5 Å². The van der Waals surface area contributed by atoms with Crippen molar-refractivity contribution in [2.75, 3.05) is 6.61 Å². The Labute approximate surface area is 154 Å². The minimum Gasteiger partial charge on any atom is -0.377 e. The molecule has 0 fully saturated rings. The van der Waals surface area contributed by atoms with Gasteiger partial charge in [-0.2, -0.15) is 0 Å². The molecule has 1 aromatic rings. The molecular formula is C19H22F5NO2. The highest BCUT2D eigenvalue weighted by molar-refractivity contribution is 5.86. The van der Waals surface area contributed by atoms with Crippen LogP contribution in [0.15, 0.2) is 23.8 Å². The second-order valence-electron chi connectivity index (χ2n) is 6.00. The van der Waals surface area contributed by atoms with Gasteiger partial charge in [-0.05, 0) is 31.8 Å². The topological polar surface area (TPSA) is 52.3 Å². The quantitative estimate of drug-likeness (QED) is 0.147. The molecule has 2 N–H and O–H groups in total. The molecule has 0 saturated carbocycles. The third-order valence-electron chi connectivity index (χ3n) is 3.71. The summed E-state index contributed by atoms with van der Waals surface area (Å²) < 4.78 is 70.9. The Morgan fingerprint density at radius 3 is 2.07 bits per heavy atom. The number of halogens is 5. The van der Waals surface area contributed by atoms with E-state index in [0.717, 1.165) is 31.3 Å². The molecule has 0 bridgehead atoms. The summed E-state index contributed by atoms with van der Waals surface area (Å²) in [6.45, 7) is 1.24. The maximum Gasteiger partial charge on any atom is 0.241 e. The predicted molar refractivity (Wildman–Crippen MR) is 91.1 cm³/mol. The van der Waals surface area contributed by atoms with Gasteiger partial charge in [0.2, 0.25) is 11.7 Å². The third-order valence-corrected chi connectivity index (χ3v) is 3.71. The normalized spacial score (nSPS) is 12.1. The zero-order valence-electron chi connectivity index (χ0n) is 15.0. The number of primary amides is 1. The van der Waals surface area contributed by atoms with Crippen LogP contribution in [0.5, 0.6) is 0 Å². The van der Waals surface area contributed by atoms with Gasteiger partial charge in [0.15, 0.2) is 23.3 Å². The number of carbonyl (C=O) groups excluding carboxylic acids is 1. The number of hydrogen-bond donors (Lipinski definition) is 1. The molecule has 0 atom stereocenters. The minimum atomic E-state index is -2.18. The summed E-state index contributed by atoms with van der Waals surface area (Å²) in [5.41, 5.74) is 4.83. The zero-order valence-corrected chi connectivity index (χ0v) is 15.0. The van der Waals surface area contributed by atoms with Crippen molar-refractivity contribution >= 4 is 5.91 Å². The summed E-state index contributed by atoms with van der Waals surface area (Å²) in [6.07, 6.45) is 9.05. The van der Waals surface area contributed by atoms with Crippen molar-refractivity contribution in [3.05, 3.63) is 58.5 Å². The molecule has 0 aliphatic rings. The second kappa shape index (κ2) is 11.5. The van der Waals surface area contributed by atoms with E-state index in [0.29, 0.717) is 6.42 Å². The Kier molecular flexibility index (Phi) is 9.71. The molecule has 0 aromatic heterocycles. The largest absolute Gasteiger partial charge is 0.377 e. The smallest absolute Gasteiger partial charge is 0.241 e. The maximum atomic E-state index is 13.4. The molecule has 0 saturated heterocycles. The van der Waals surface area contributed by atoms with Gasteiger partial charge in [-0.15, -0.1) is 0 Å². The molecule has 27 heavy (non-hydrogen) atoms. The van der Waals surface area contributed by atoms with E-state index < -0.39 is 47.2 Å². The number of carbonyl (C=O) groups is 1. The van der Waals surface area contributed by atoms with E-state index in [1.165, 1.54) is 6.08 Å². The van der Waals surface area contributed by atoms with Crippen molar-refractivity contribution < 1.29 is 31.5 Å². The van der Waals surface area contributed by atoms with E-state index in [-0.39, 0.29) is 6.61 Å². The molecule has 0 radical (unpaired) electrons. The molecule has 1 aromatic carbocycles. The van der Waals surface area contributed by atoms with Crippen LogP contribution in [0.3, 0.4) is 0 Å². The lowest BCUT2D eigenvalue weighted by Gasteiger charge is -2.09. The molecule has 8 heteroatoms. The lowest BCUT2D eigenvalue weighted by Crippen LogP contribution is -2.09. The van der Waals surface area contributed by atoms with Crippen molar-refractivity contribution in [3.8, 4) is 0 Å². The van der Waals surface area contributed by atoms with E-state index in [2.05, 4.69) is 0 Å². The van der Waals surface area contributed by atoms with Crippen molar-refractivity contribution in [3.63, 3.8) is 0 Å². The molecule has 0 spiro atoms. The van der Waals surface area contributed by atoms with Crippen molar-refractivity contribution in [1.82, 2.24) is 0 Å². The highest BCUT2D eigenvalue weighted by atomic mass is 19.2. The molecule has 150 valence electrons. The first kappa shape index (κ1) is 22.8. The molecule has 0 aliphatic heterocycles. The minimum absolute atomic E-state index is 0.149. The van der Waals surface area contributed by atoms with Crippen LogP contribution < -0.4 is 5.73 Å². The highest BCUT2D eigenvalue weighted by Crippen LogP contribution is 2.23. The van der Waals surface area contributed by atoms with Crippen LogP contribution in [0.25, 0.3) is 0 Å². The van der Waals surface area contributed by atoms with Crippen LogP contribution in [0.2, 0.25) is 0 Å². The number of ether oxygens (including phenoxy) is 1. The number of hydrogen-bond acceptors (Lipinski definition) is 2. The second-order valence-corrected chi connectivity index (χ2v) is 6.00. The van der Waals surface area contributed by atoms with Gasteiger partial charge in [0, 0.05) is 12.7 Å². The first-order valence-electron chi connectivity index (χ1n) is 8.48. The van der Waals surface area contributed by atoms with Gasteiger partial charge in [0.05, 0.1) is 12.2 Å². The predicted octanol–water partition coefficient (Wildman–Crippen LogP) is 4.84. The fraction of sp³-hybridized carbons (Fsp3) is 0.421. The Morgan fingerprint density at radius 2 is 1.48 bits per heavy atom. The van der Waals surface area contributed by atoms with Crippen LogP contribution in [0, 0.1) is 29.1 Å². The van der Waals surface area contributed by atoms with Crippen molar-refractivity contribution in [2.45, 2.75) is 45.6 Å². The van der Waals surface area contributed by atoms with Crippen molar-refractivity contribution in [1.29, 1.82) is 0 Å². The summed E-state index contributed by atoms with van der Waals surface area (Å²) >= 11 is 0. The number of unbranched alkanes of at least 4 members (excludes halogenated alkanes) is 4. The Morgan fingerprint density at radius 1 is 0.926 bits per heavy atom. The fourth-order valence-corrected chi connectivity index (χ4v) is 2.31. The zero-order chi connectivity index (χ0) is 20.4. The summed E-state index contributed by atoms with van der Waals surface area (Å²) in [7, 11) is 0. The van der Waals surface area contributed by atoms with Gasteiger partial charge in [-0.1, -0.05) is 25.0 Å². The van der Waals surface area contributed by atoms with Crippen LogP contribution in [0.4, 0.5) is 22.0 Å². The van der Waals surface area contributed by atoms with E-state index in [9.17, 15) is 26.7 Å². The van der Waals surface area contributed by atoms with E-state index in [1.807, 2.05) is 6.08 Å². The number of allylic oxidation sites excluding steroid dienone is 3. The number of amides is 1. The molecule has 3 nitrogen and oxygen atoms in total. The first-order chi connectivity index (χ1) is 12.8. The van der Waals surface area contributed by atoms with Gasteiger partial charge >= 0.3 is 0 Å². The van der Waals surface area contributed by atoms with Crippen LogP contribution >= 0.6 is 0 Å². The number of rotatable bonds is 11. The lowest BCUT2D eigenvalue weighted by atomic mass is 10.1. The van der Waals surface area contributed by atoms with Gasteiger partial charge in [-0.25, -0.2) is 22.0 Å². The van der Waals surface area contributed by atoms with Gasteiger partial charge < -0.3 is 10.5 Å². The monoisotopic (exact) mass is 391 g/mol. The molecule has 0 unspecified atom stereocenters. The van der Waals surface area contributed by atoms with E-state index >= 15 is 0 Å². The number of benzene rings is 1. The first-order valence-corrected chi connectivity index (χ1v) is 8.48. The SMILES string of the molecule is CC(C=CCCCCCCOCc1c(F)c(F)c(F)c(F)c1F)=CC(N)=O. The summed E-state index contributed by atoms with van der Waals surface area (Å²) in [5, 5.41) is 0. The lowest BCUT2D eigenvalue weighted by molar-refractivity contribution is -0.113. The molecule has 1 rings (SSSR count). The molecule has 0 heterocycles. The average molecular weight is 391 g/mol. The Balaban J connectivity index is 2.24.